The third-order valence-electron chi connectivity index (χ3n) is 3.73. The number of hydrogen-bond acceptors (Lipinski definition) is 2. The summed E-state index contributed by atoms with van der Waals surface area (Å²) in [6, 6.07) is 6.81. The number of hydrogen-bond donors (Lipinski definition) is 1. The molecule has 1 aromatic carbocycles. The molecule has 0 radical (unpaired) electrons. The molecule has 1 aliphatic carbocycles. The Bertz CT molecular complexity index is 388. The molecule has 0 saturated heterocycles. The molecule has 0 heterocycles. The van der Waals surface area contributed by atoms with Gasteiger partial charge in [-0.25, -0.2) is 0 Å². The lowest BCUT2D eigenvalue weighted by Crippen LogP contribution is -2.14. The maximum Gasteiger partial charge on any atom is 0.0231 e. The first-order valence-corrected chi connectivity index (χ1v) is 9.19. The fourth-order valence-electron chi connectivity index (χ4n) is 2.55. The predicted octanol–water partition coefficient (Wildman–Crippen LogP) is 5.23. The Labute approximate surface area is 130 Å². The lowest BCUT2D eigenvalue weighted by Gasteiger charge is -2.10. The summed E-state index contributed by atoms with van der Waals surface area (Å²) in [5.74, 6) is 2.24. The van der Waals surface area contributed by atoms with E-state index in [2.05, 4.69) is 46.4 Å². The SMILES string of the molecule is CCCNCc1ccc(SCC2CCCC2)cc1Br. The fraction of sp³-hybridized carbons (Fsp3) is 0.625. The van der Waals surface area contributed by atoms with Gasteiger partial charge < -0.3 is 5.32 Å². The van der Waals surface area contributed by atoms with Crippen LogP contribution in [0, 0.1) is 5.92 Å². The molecular formula is C16H24BrNS. The second-order valence-electron chi connectivity index (χ2n) is 5.39. The normalized spacial score (nSPS) is 16.1. The van der Waals surface area contributed by atoms with E-state index in [4.69, 9.17) is 0 Å². The van der Waals surface area contributed by atoms with Gasteiger partial charge in [-0.05, 0) is 49.4 Å². The number of benzene rings is 1. The van der Waals surface area contributed by atoms with Crippen LogP contribution in [0.15, 0.2) is 27.6 Å². The van der Waals surface area contributed by atoms with Crippen LogP contribution in [0.2, 0.25) is 0 Å². The maximum atomic E-state index is 3.70. The number of thioether (sulfide) groups is 1. The highest BCUT2D eigenvalue weighted by Crippen LogP contribution is 2.32. The van der Waals surface area contributed by atoms with E-state index in [0.717, 1.165) is 19.0 Å². The molecule has 0 unspecified atom stereocenters. The zero-order valence-corrected chi connectivity index (χ0v) is 14.2. The molecule has 106 valence electrons. The third-order valence-corrected chi connectivity index (χ3v) is 5.69. The molecule has 0 aromatic heterocycles. The largest absolute Gasteiger partial charge is 0.313 e. The number of halogens is 1. The summed E-state index contributed by atoms with van der Waals surface area (Å²) in [4.78, 5) is 1.40. The summed E-state index contributed by atoms with van der Waals surface area (Å²) in [5, 5.41) is 3.45. The van der Waals surface area contributed by atoms with Crippen molar-refractivity contribution in [1.29, 1.82) is 0 Å². The van der Waals surface area contributed by atoms with Gasteiger partial charge in [0.05, 0.1) is 0 Å². The molecule has 0 atom stereocenters. The van der Waals surface area contributed by atoms with Gasteiger partial charge in [0.1, 0.15) is 0 Å². The second kappa shape index (κ2) is 8.33. The average molecular weight is 342 g/mol. The summed E-state index contributed by atoms with van der Waals surface area (Å²) in [6.07, 6.45) is 6.95. The molecule has 0 bridgehead atoms. The topological polar surface area (TPSA) is 12.0 Å². The van der Waals surface area contributed by atoms with Crippen LogP contribution in [0.5, 0.6) is 0 Å². The van der Waals surface area contributed by atoms with E-state index < -0.39 is 0 Å². The Morgan fingerprint density at radius 2 is 2.11 bits per heavy atom. The standard InChI is InChI=1S/C16H24BrNS/c1-2-9-18-11-14-7-8-15(10-16(14)17)19-12-13-5-3-4-6-13/h7-8,10,13,18H,2-6,9,11-12H2,1H3. The van der Waals surface area contributed by atoms with Crippen LogP contribution in [0.3, 0.4) is 0 Å². The Balaban J connectivity index is 1.83. The van der Waals surface area contributed by atoms with Crippen molar-refractivity contribution < 1.29 is 0 Å². The van der Waals surface area contributed by atoms with Crippen LogP contribution >= 0.6 is 27.7 Å². The van der Waals surface area contributed by atoms with Crippen molar-refractivity contribution in [1.82, 2.24) is 5.32 Å². The molecule has 2 rings (SSSR count). The van der Waals surface area contributed by atoms with Gasteiger partial charge >= 0.3 is 0 Å². The molecule has 19 heavy (non-hydrogen) atoms. The first-order valence-electron chi connectivity index (χ1n) is 7.41. The van der Waals surface area contributed by atoms with Gasteiger partial charge in [-0.1, -0.05) is 41.8 Å². The summed E-state index contributed by atoms with van der Waals surface area (Å²) >= 11 is 5.72. The monoisotopic (exact) mass is 341 g/mol. The summed E-state index contributed by atoms with van der Waals surface area (Å²) in [5.41, 5.74) is 1.36. The van der Waals surface area contributed by atoms with Crippen molar-refractivity contribution in [3.8, 4) is 0 Å². The Hall–Kier alpha value is 0.01000. The summed E-state index contributed by atoms with van der Waals surface area (Å²) in [7, 11) is 0. The number of nitrogens with one attached hydrogen (secondary N) is 1. The van der Waals surface area contributed by atoms with Crippen molar-refractivity contribution in [2.75, 3.05) is 12.3 Å². The van der Waals surface area contributed by atoms with Gasteiger partial charge in [-0.15, -0.1) is 11.8 Å². The molecule has 0 amide bonds. The molecule has 3 heteroatoms. The molecule has 1 saturated carbocycles. The van der Waals surface area contributed by atoms with Crippen LogP contribution in [-0.2, 0) is 6.54 Å². The average Bonchev–Trinajstić information content (AvgIpc) is 2.92. The Morgan fingerprint density at radius 3 is 2.79 bits per heavy atom. The zero-order valence-electron chi connectivity index (χ0n) is 11.8. The summed E-state index contributed by atoms with van der Waals surface area (Å²) in [6.45, 7) is 4.25. The highest BCUT2D eigenvalue weighted by molar-refractivity contribution is 9.10. The minimum Gasteiger partial charge on any atom is -0.313 e. The molecule has 0 aliphatic heterocycles. The predicted molar refractivity (Wildman–Crippen MR) is 88.8 cm³/mol. The minimum absolute atomic E-state index is 0.953. The highest BCUT2D eigenvalue weighted by Gasteiger charge is 2.15. The maximum absolute atomic E-state index is 3.70. The molecule has 1 aromatic rings. The molecular weight excluding hydrogens is 318 g/mol. The van der Waals surface area contributed by atoms with Crippen LogP contribution in [-0.4, -0.2) is 12.3 Å². The fourth-order valence-corrected chi connectivity index (χ4v) is 4.35. The first-order chi connectivity index (χ1) is 9.29. The molecule has 1 N–H and O–H groups in total. The van der Waals surface area contributed by atoms with Crippen LogP contribution in [0.25, 0.3) is 0 Å². The van der Waals surface area contributed by atoms with E-state index in [1.807, 2.05) is 11.8 Å². The molecule has 1 aliphatic rings. The quantitative estimate of drug-likeness (QED) is 0.538. The van der Waals surface area contributed by atoms with Crippen molar-refractivity contribution in [3.05, 3.63) is 28.2 Å². The molecule has 1 nitrogen and oxygen atoms in total. The van der Waals surface area contributed by atoms with E-state index in [1.54, 1.807) is 0 Å². The lowest BCUT2D eigenvalue weighted by atomic mass is 10.1. The van der Waals surface area contributed by atoms with Gasteiger partial charge in [0.2, 0.25) is 0 Å². The first kappa shape index (κ1) is 15.4. The van der Waals surface area contributed by atoms with Crippen molar-refractivity contribution >= 4 is 27.7 Å². The van der Waals surface area contributed by atoms with Gasteiger partial charge in [-0.2, -0.15) is 0 Å². The highest BCUT2D eigenvalue weighted by atomic mass is 79.9. The van der Waals surface area contributed by atoms with E-state index in [-0.39, 0.29) is 0 Å². The second-order valence-corrected chi connectivity index (χ2v) is 7.34. The van der Waals surface area contributed by atoms with E-state index in [0.29, 0.717) is 0 Å². The minimum atomic E-state index is 0.953. The summed E-state index contributed by atoms with van der Waals surface area (Å²) < 4.78 is 1.24. The van der Waals surface area contributed by atoms with Crippen LogP contribution in [0.4, 0.5) is 0 Å². The van der Waals surface area contributed by atoms with Gasteiger partial charge in [-0.3, -0.25) is 0 Å². The van der Waals surface area contributed by atoms with E-state index in [9.17, 15) is 0 Å². The lowest BCUT2D eigenvalue weighted by molar-refractivity contribution is 0.623. The van der Waals surface area contributed by atoms with Crippen molar-refractivity contribution in [2.45, 2.75) is 50.5 Å². The van der Waals surface area contributed by atoms with Gasteiger partial charge in [0, 0.05) is 21.7 Å². The van der Waals surface area contributed by atoms with Crippen LogP contribution in [0.1, 0.15) is 44.6 Å². The van der Waals surface area contributed by atoms with Gasteiger partial charge in [0.25, 0.3) is 0 Å². The van der Waals surface area contributed by atoms with Gasteiger partial charge in [0.15, 0.2) is 0 Å². The van der Waals surface area contributed by atoms with Crippen LogP contribution < -0.4 is 5.32 Å². The molecule has 0 spiro atoms. The zero-order chi connectivity index (χ0) is 13.5. The van der Waals surface area contributed by atoms with E-state index in [1.165, 1.54) is 52.8 Å². The van der Waals surface area contributed by atoms with Crippen molar-refractivity contribution in [2.24, 2.45) is 5.92 Å². The Kier molecular flexibility index (Phi) is 6.75. The number of rotatable bonds is 7. The third kappa shape index (κ3) is 5.13. The van der Waals surface area contributed by atoms with Crippen molar-refractivity contribution in [3.63, 3.8) is 0 Å². The molecule has 1 fully saturated rings. The Morgan fingerprint density at radius 1 is 1.32 bits per heavy atom. The van der Waals surface area contributed by atoms with E-state index >= 15 is 0 Å². The smallest absolute Gasteiger partial charge is 0.0231 e.